The summed E-state index contributed by atoms with van der Waals surface area (Å²) >= 11 is 0. The van der Waals surface area contributed by atoms with Crippen LogP contribution in [0.15, 0.2) is 24.3 Å². The number of aryl methyl sites for hydroxylation is 1. The highest BCUT2D eigenvalue weighted by atomic mass is 16.6. The molecule has 2 aromatic rings. The third-order valence-corrected chi connectivity index (χ3v) is 4.13. The fraction of sp³-hybridized carbons (Fsp3) is 0.467. The van der Waals surface area contributed by atoms with Crippen LogP contribution in [0.4, 0.5) is 0 Å². The summed E-state index contributed by atoms with van der Waals surface area (Å²) in [4.78, 5) is 0. The summed E-state index contributed by atoms with van der Waals surface area (Å²) in [7, 11) is 0. The van der Waals surface area contributed by atoms with Gasteiger partial charge >= 0.3 is 0 Å². The minimum absolute atomic E-state index is 0.196. The molecule has 21 heavy (non-hydrogen) atoms. The average Bonchev–Trinajstić information content (AvgIpc) is 2.97. The van der Waals surface area contributed by atoms with E-state index in [0.29, 0.717) is 6.61 Å². The molecule has 0 fully saturated rings. The Morgan fingerprint density at radius 2 is 2.10 bits per heavy atom. The molecule has 0 aliphatic carbocycles. The van der Waals surface area contributed by atoms with Crippen molar-refractivity contribution < 1.29 is 14.6 Å². The predicted octanol–water partition coefficient (Wildman–Crippen LogP) is 1.35. The molecule has 2 aliphatic rings. The fourth-order valence-electron chi connectivity index (χ4n) is 2.95. The van der Waals surface area contributed by atoms with Gasteiger partial charge in [0.2, 0.25) is 0 Å². The molecule has 1 aromatic carbocycles. The second-order valence-electron chi connectivity index (χ2n) is 5.54. The smallest absolute Gasteiger partial charge is 0.192 e. The zero-order valence-corrected chi connectivity index (χ0v) is 11.6. The molecule has 1 N–H and O–H groups in total. The van der Waals surface area contributed by atoms with Crippen molar-refractivity contribution in [2.45, 2.75) is 25.5 Å². The number of hydrogen-bond acceptors (Lipinski definition) is 5. The van der Waals surface area contributed by atoms with Gasteiger partial charge in [0.15, 0.2) is 23.4 Å². The van der Waals surface area contributed by atoms with Crippen LogP contribution in [-0.4, -0.2) is 33.1 Å². The third-order valence-electron chi connectivity index (χ3n) is 4.13. The molecule has 2 unspecified atom stereocenters. The standard InChI is InChI=1S/C15H17N3O3/c19-8-10-5-6-14-16-17-15(18(14)7-10)13-9-20-11-3-1-2-4-12(11)21-13/h1-4,10,13,19H,5-9H2. The van der Waals surface area contributed by atoms with E-state index in [9.17, 15) is 5.11 Å². The van der Waals surface area contributed by atoms with Gasteiger partial charge in [-0.3, -0.25) is 0 Å². The first kappa shape index (κ1) is 12.6. The van der Waals surface area contributed by atoms with Crippen molar-refractivity contribution >= 4 is 0 Å². The van der Waals surface area contributed by atoms with Crippen molar-refractivity contribution in [3.63, 3.8) is 0 Å². The van der Waals surface area contributed by atoms with Gasteiger partial charge in [-0.1, -0.05) is 12.1 Å². The molecule has 4 rings (SSSR count). The van der Waals surface area contributed by atoms with Gasteiger partial charge in [0.1, 0.15) is 12.4 Å². The lowest BCUT2D eigenvalue weighted by molar-refractivity contribution is 0.0795. The first-order chi connectivity index (χ1) is 10.3. The van der Waals surface area contributed by atoms with Crippen LogP contribution in [0.1, 0.15) is 24.2 Å². The van der Waals surface area contributed by atoms with Crippen molar-refractivity contribution in [2.75, 3.05) is 13.2 Å². The summed E-state index contributed by atoms with van der Waals surface area (Å²) in [6.07, 6.45) is 1.56. The second-order valence-corrected chi connectivity index (χ2v) is 5.54. The molecule has 6 nitrogen and oxygen atoms in total. The Hall–Kier alpha value is -2.08. The molecule has 2 atom stereocenters. The second kappa shape index (κ2) is 5.04. The van der Waals surface area contributed by atoms with Crippen molar-refractivity contribution in [1.82, 2.24) is 14.8 Å². The van der Waals surface area contributed by atoms with E-state index in [2.05, 4.69) is 14.8 Å². The van der Waals surface area contributed by atoms with E-state index in [1.165, 1.54) is 0 Å². The summed E-state index contributed by atoms with van der Waals surface area (Å²) in [6, 6.07) is 7.64. The van der Waals surface area contributed by atoms with E-state index in [1.807, 2.05) is 24.3 Å². The Morgan fingerprint density at radius 3 is 2.95 bits per heavy atom. The lowest BCUT2D eigenvalue weighted by Crippen LogP contribution is -2.29. The lowest BCUT2D eigenvalue weighted by atomic mass is 10.0. The molecule has 6 heteroatoms. The van der Waals surface area contributed by atoms with Gasteiger partial charge in [0.05, 0.1) is 0 Å². The van der Waals surface area contributed by atoms with Crippen LogP contribution in [0.2, 0.25) is 0 Å². The lowest BCUT2D eigenvalue weighted by Gasteiger charge is -2.28. The molecule has 0 saturated heterocycles. The first-order valence-electron chi connectivity index (χ1n) is 7.26. The highest BCUT2D eigenvalue weighted by Gasteiger charge is 2.30. The number of aliphatic hydroxyl groups excluding tert-OH is 1. The Bertz CT molecular complexity index is 655. The van der Waals surface area contributed by atoms with Gasteiger partial charge in [-0.05, 0) is 18.6 Å². The van der Waals surface area contributed by atoms with Crippen LogP contribution >= 0.6 is 0 Å². The summed E-state index contributed by atoms with van der Waals surface area (Å²) in [5, 5.41) is 17.9. The SMILES string of the molecule is OCC1CCc2nnc(C3COc4ccccc4O3)n2C1. The van der Waals surface area contributed by atoms with Crippen molar-refractivity contribution in [3.05, 3.63) is 35.9 Å². The van der Waals surface area contributed by atoms with Gasteiger partial charge < -0.3 is 19.1 Å². The number of hydrogen-bond donors (Lipinski definition) is 1. The topological polar surface area (TPSA) is 69.4 Å². The average molecular weight is 287 g/mol. The summed E-state index contributed by atoms with van der Waals surface area (Å²) in [5.74, 6) is 3.53. The van der Waals surface area contributed by atoms with Gasteiger partial charge in [-0.25, -0.2) is 0 Å². The van der Waals surface area contributed by atoms with E-state index in [0.717, 1.165) is 42.5 Å². The molecule has 0 radical (unpaired) electrons. The van der Waals surface area contributed by atoms with Crippen LogP contribution in [0.3, 0.4) is 0 Å². The Morgan fingerprint density at radius 1 is 1.24 bits per heavy atom. The minimum Gasteiger partial charge on any atom is -0.485 e. The van der Waals surface area contributed by atoms with Crippen molar-refractivity contribution in [3.8, 4) is 11.5 Å². The van der Waals surface area contributed by atoms with E-state index >= 15 is 0 Å². The molecule has 0 spiro atoms. The Labute approximate surface area is 122 Å². The largest absolute Gasteiger partial charge is 0.485 e. The van der Waals surface area contributed by atoms with Gasteiger partial charge in [0.25, 0.3) is 0 Å². The van der Waals surface area contributed by atoms with Gasteiger partial charge in [-0.2, -0.15) is 0 Å². The van der Waals surface area contributed by atoms with E-state index in [4.69, 9.17) is 9.47 Å². The van der Waals surface area contributed by atoms with Gasteiger partial charge in [0, 0.05) is 25.5 Å². The zero-order valence-electron chi connectivity index (χ0n) is 11.6. The molecule has 2 aliphatic heterocycles. The molecule has 3 heterocycles. The number of para-hydroxylation sites is 2. The maximum atomic E-state index is 9.38. The molecule has 0 amide bonds. The Kier molecular flexibility index (Phi) is 3.03. The quantitative estimate of drug-likeness (QED) is 0.903. The fourth-order valence-corrected chi connectivity index (χ4v) is 2.95. The molecule has 1 aromatic heterocycles. The molecular formula is C15H17N3O3. The first-order valence-corrected chi connectivity index (χ1v) is 7.26. The molecule has 110 valence electrons. The maximum absolute atomic E-state index is 9.38. The number of aromatic nitrogens is 3. The highest BCUT2D eigenvalue weighted by molar-refractivity contribution is 5.41. The van der Waals surface area contributed by atoms with E-state index in [1.54, 1.807) is 0 Å². The maximum Gasteiger partial charge on any atom is 0.192 e. The molecule has 0 saturated carbocycles. The predicted molar refractivity (Wildman–Crippen MR) is 74.2 cm³/mol. The normalized spacial score (nSPS) is 23.7. The number of fused-ring (bicyclic) bond motifs is 2. The number of benzene rings is 1. The summed E-state index contributed by atoms with van der Waals surface area (Å²) in [5.41, 5.74) is 0. The molecule has 0 bridgehead atoms. The molecular weight excluding hydrogens is 270 g/mol. The van der Waals surface area contributed by atoms with E-state index < -0.39 is 0 Å². The van der Waals surface area contributed by atoms with Crippen LogP contribution < -0.4 is 9.47 Å². The zero-order chi connectivity index (χ0) is 14.2. The highest BCUT2D eigenvalue weighted by Crippen LogP contribution is 2.36. The summed E-state index contributed by atoms with van der Waals surface area (Å²) in [6.45, 7) is 1.37. The minimum atomic E-state index is -0.251. The van der Waals surface area contributed by atoms with Crippen LogP contribution in [0, 0.1) is 5.92 Å². The Balaban J connectivity index is 1.63. The third kappa shape index (κ3) is 2.15. The van der Waals surface area contributed by atoms with Crippen molar-refractivity contribution in [1.29, 1.82) is 0 Å². The monoisotopic (exact) mass is 287 g/mol. The van der Waals surface area contributed by atoms with Crippen LogP contribution in [0.25, 0.3) is 0 Å². The summed E-state index contributed by atoms with van der Waals surface area (Å²) < 4.78 is 13.8. The van der Waals surface area contributed by atoms with Crippen LogP contribution in [-0.2, 0) is 13.0 Å². The van der Waals surface area contributed by atoms with Crippen molar-refractivity contribution in [2.24, 2.45) is 5.92 Å². The van der Waals surface area contributed by atoms with Gasteiger partial charge in [-0.15, -0.1) is 10.2 Å². The van der Waals surface area contributed by atoms with Crippen LogP contribution in [0.5, 0.6) is 11.5 Å². The number of ether oxygens (including phenoxy) is 2. The number of rotatable bonds is 2. The number of aliphatic hydroxyl groups is 1. The van der Waals surface area contributed by atoms with E-state index in [-0.39, 0.29) is 18.6 Å². The number of nitrogens with zero attached hydrogens (tertiary/aromatic N) is 3.